The van der Waals surface area contributed by atoms with E-state index in [1.807, 2.05) is 31.2 Å². The summed E-state index contributed by atoms with van der Waals surface area (Å²) in [5, 5.41) is 10.6. The highest BCUT2D eigenvalue weighted by atomic mass is 16.5. The van der Waals surface area contributed by atoms with Gasteiger partial charge in [0.25, 0.3) is 0 Å². The molecule has 29 heavy (non-hydrogen) atoms. The zero-order valence-electron chi connectivity index (χ0n) is 17.1. The minimum absolute atomic E-state index is 0.0274. The van der Waals surface area contributed by atoms with Crippen molar-refractivity contribution in [2.24, 2.45) is 10.9 Å². The number of aliphatic imine (C=N–C) groups is 1. The van der Waals surface area contributed by atoms with E-state index in [1.54, 1.807) is 7.11 Å². The lowest BCUT2D eigenvalue weighted by molar-refractivity contribution is -0.146. The summed E-state index contributed by atoms with van der Waals surface area (Å²) in [5.74, 6) is 2.77. The normalized spacial score (nSPS) is 15.3. The van der Waals surface area contributed by atoms with Gasteiger partial charge >= 0.3 is 5.97 Å². The maximum Gasteiger partial charge on any atom is 0.308 e. The molecule has 0 saturated carbocycles. The first kappa shape index (κ1) is 20.6. The van der Waals surface area contributed by atoms with Crippen molar-refractivity contribution in [3.05, 3.63) is 30.1 Å². The average molecular weight is 400 g/mol. The van der Waals surface area contributed by atoms with E-state index in [2.05, 4.69) is 25.4 Å². The van der Waals surface area contributed by atoms with E-state index in [0.717, 1.165) is 49.7 Å². The summed E-state index contributed by atoms with van der Waals surface area (Å²) in [5.41, 5.74) is 0.911. The number of methoxy groups -OCH3 is 2. The molecule has 2 aromatic rings. The minimum Gasteiger partial charge on any atom is -0.497 e. The molecule has 1 fully saturated rings. The minimum atomic E-state index is -0.126. The number of piperidine rings is 1. The van der Waals surface area contributed by atoms with Crippen LogP contribution in [0.2, 0.25) is 0 Å². The van der Waals surface area contributed by atoms with Crippen molar-refractivity contribution in [2.75, 3.05) is 33.9 Å². The molecule has 0 bridgehead atoms. The van der Waals surface area contributed by atoms with Gasteiger partial charge in [-0.2, -0.15) is 5.10 Å². The third-order valence-electron chi connectivity index (χ3n) is 4.92. The number of aromatic amines is 1. The van der Waals surface area contributed by atoms with Gasteiger partial charge in [-0.1, -0.05) is 0 Å². The molecule has 0 spiro atoms. The second kappa shape index (κ2) is 9.90. The van der Waals surface area contributed by atoms with Gasteiger partial charge < -0.3 is 19.7 Å². The molecular formula is C20H28N6O3. The van der Waals surface area contributed by atoms with E-state index in [1.165, 1.54) is 7.11 Å². The van der Waals surface area contributed by atoms with Gasteiger partial charge in [0.2, 0.25) is 0 Å². The predicted octanol–water partition coefficient (Wildman–Crippen LogP) is 1.83. The van der Waals surface area contributed by atoms with Crippen LogP contribution in [-0.4, -0.2) is 65.9 Å². The van der Waals surface area contributed by atoms with Crippen LogP contribution in [-0.2, 0) is 16.1 Å². The summed E-state index contributed by atoms with van der Waals surface area (Å²) in [6, 6.07) is 7.60. The van der Waals surface area contributed by atoms with E-state index in [-0.39, 0.29) is 11.9 Å². The van der Waals surface area contributed by atoms with Crippen molar-refractivity contribution in [3.8, 4) is 17.1 Å². The van der Waals surface area contributed by atoms with Gasteiger partial charge in [0.15, 0.2) is 11.8 Å². The summed E-state index contributed by atoms with van der Waals surface area (Å²) in [6.07, 6.45) is 1.53. The van der Waals surface area contributed by atoms with Crippen molar-refractivity contribution >= 4 is 11.9 Å². The molecule has 0 radical (unpaired) electrons. The number of hydrogen-bond donors (Lipinski definition) is 2. The summed E-state index contributed by atoms with van der Waals surface area (Å²) in [7, 11) is 3.08. The van der Waals surface area contributed by atoms with E-state index >= 15 is 0 Å². The van der Waals surface area contributed by atoms with Crippen LogP contribution in [0.1, 0.15) is 25.6 Å². The Kier molecular flexibility index (Phi) is 7.04. The lowest BCUT2D eigenvalue weighted by Gasteiger charge is -2.33. The molecule has 1 aromatic carbocycles. The zero-order valence-corrected chi connectivity index (χ0v) is 17.1. The van der Waals surface area contributed by atoms with Crippen LogP contribution in [0.15, 0.2) is 29.3 Å². The fourth-order valence-corrected chi connectivity index (χ4v) is 3.30. The van der Waals surface area contributed by atoms with Crippen LogP contribution in [0, 0.1) is 5.92 Å². The van der Waals surface area contributed by atoms with Gasteiger partial charge in [0.05, 0.1) is 20.1 Å². The van der Waals surface area contributed by atoms with Crippen LogP contribution in [0.4, 0.5) is 0 Å². The summed E-state index contributed by atoms with van der Waals surface area (Å²) in [4.78, 5) is 23.1. The first-order valence-electron chi connectivity index (χ1n) is 9.81. The van der Waals surface area contributed by atoms with Gasteiger partial charge in [-0.3, -0.25) is 9.89 Å². The SMILES string of the molecule is CCNC(=NCc1nc(-c2ccc(OC)cc2)n[nH]1)N1CCC(C(=O)OC)CC1. The Bertz CT molecular complexity index is 825. The van der Waals surface area contributed by atoms with Crippen molar-refractivity contribution in [2.45, 2.75) is 26.3 Å². The second-order valence-electron chi connectivity index (χ2n) is 6.79. The number of esters is 1. The summed E-state index contributed by atoms with van der Waals surface area (Å²) < 4.78 is 10.0. The van der Waals surface area contributed by atoms with Crippen molar-refractivity contribution < 1.29 is 14.3 Å². The first-order chi connectivity index (χ1) is 14.1. The number of guanidine groups is 1. The van der Waals surface area contributed by atoms with E-state index in [9.17, 15) is 4.79 Å². The Balaban J connectivity index is 1.63. The summed E-state index contributed by atoms with van der Waals surface area (Å²) >= 11 is 0. The third kappa shape index (κ3) is 5.24. The predicted molar refractivity (Wildman–Crippen MR) is 109 cm³/mol. The van der Waals surface area contributed by atoms with Crippen molar-refractivity contribution in [3.63, 3.8) is 0 Å². The van der Waals surface area contributed by atoms with Gasteiger partial charge in [-0.05, 0) is 44.0 Å². The Morgan fingerprint density at radius 3 is 2.62 bits per heavy atom. The fraction of sp³-hybridized carbons (Fsp3) is 0.500. The lowest BCUT2D eigenvalue weighted by Crippen LogP contribution is -2.46. The van der Waals surface area contributed by atoms with Crippen LogP contribution in [0.3, 0.4) is 0 Å². The lowest BCUT2D eigenvalue weighted by atomic mass is 9.97. The van der Waals surface area contributed by atoms with Crippen LogP contribution < -0.4 is 10.1 Å². The number of aromatic nitrogens is 3. The molecule has 0 aliphatic carbocycles. The van der Waals surface area contributed by atoms with Crippen molar-refractivity contribution in [1.29, 1.82) is 0 Å². The highest BCUT2D eigenvalue weighted by molar-refractivity contribution is 5.80. The number of likely N-dealkylation sites (tertiary alicyclic amines) is 1. The number of carbonyl (C=O) groups is 1. The topological polar surface area (TPSA) is 105 Å². The summed E-state index contributed by atoms with van der Waals surface area (Å²) in [6.45, 7) is 4.72. The highest BCUT2D eigenvalue weighted by Crippen LogP contribution is 2.20. The molecule has 9 heteroatoms. The van der Waals surface area contributed by atoms with Gasteiger partial charge in [-0.25, -0.2) is 9.98 Å². The van der Waals surface area contributed by atoms with Gasteiger partial charge in [0.1, 0.15) is 18.1 Å². The number of rotatable bonds is 6. The molecular weight excluding hydrogens is 372 g/mol. The zero-order chi connectivity index (χ0) is 20.6. The number of benzene rings is 1. The second-order valence-corrected chi connectivity index (χ2v) is 6.79. The molecule has 3 rings (SSSR count). The van der Waals surface area contributed by atoms with Crippen LogP contribution in [0.5, 0.6) is 5.75 Å². The number of ether oxygens (including phenoxy) is 2. The fourth-order valence-electron chi connectivity index (χ4n) is 3.30. The molecule has 9 nitrogen and oxygen atoms in total. The van der Waals surface area contributed by atoms with Gasteiger partial charge in [0, 0.05) is 25.2 Å². The molecule has 1 saturated heterocycles. The molecule has 2 N–H and O–H groups in total. The quantitative estimate of drug-likeness (QED) is 0.433. The van der Waals surface area contributed by atoms with E-state index < -0.39 is 0 Å². The first-order valence-corrected chi connectivity index (χ1v) is 9.81. The van der Waals surface area contributed by atoms with E-state index in [0.29, 0.717) is 18.2 Å². The monoisotopic (exact) mass is 400 g/mol. The number of hydrogen-bond acceptors (Lipinski definition) is 6. The number of carbonyl (C=O) groups excluding carboxylic acids is 1. The molecule has 0 atom stereocenters. The molecule has 0 unspecified atom stereocenters. The molecule has 0 amide bonds. The molecule has 2 heterocycles. The standard InChI is InChI=1S/C20H28N6O3/c1-4-21-20(26-11-9-15(10-12-26)19(27)29-3)22-13-17-23-18(25-24-17)14-5-7-16(28-2)8-6-14/h5-8,15H,4,9-13H2,1-3H3,(H,21,22)(H,23,24,25). The molecule has 156 valence electrons. The maximum absolute atomic E-state index is 11.7. The molecule has 1 aliphatic heterocycles. The number of H-pyrrole nitrogens is 1. The van der Waals surface area contributed by atoms with E-state index in [4.69, 9.17) is 14.5 Å². The Morgan fingerprint density at radius 2 is 2.00 bits per heavy atom. The Hall–Kier alpha value is -3.10. The number of nitrogens with zero attached hydrogens (tertiary/aromatic N) is 4. The number of nitrogens with one attached hydrogen (secondary N) is 2. The van der Waals surface area contributed by atoms with Crippen molar-refractivity contribution in [1.82, 2.24) is 25.4 Å². The van der Waals surface area contributed by atoms with Crippen LogP contribution in [0.25, 0.3) is 11.4 Å². The largest absolute Gasteiger partial charge is 0.497 e. The molecule has 1 aliphatic rings. The molecule has 1 aromatic heterocycles. The smallest absolute Gasteiger partial charge is 0.308 e. The maximum atomic E-state index is 11.7. The third-order valence-corrected chi connectivity index (χ3v) is 4.92. The Morgan fingerprint density at radius 1 is 1.28 bits per heavy atom. The Labute approximate surface area is 170 Å². The van der Waals surface area contributed by atoms with Crippen LogP contribution >= 0.6 is 0 Å². The highest BCUT2D eigenvalue weighted by Gasteiger charge is 2.27. The van der Waals surface area contributed by atoms with Gasteiger partial charge in [-0.15, -0.1) is 0 Å². The average Bonchev–Trinajstić information content (AvgIpc) is 3.25.